The van der Waals surface area contributed by atoms with Gasteiger partial charge < -0.3 is 5.32 Å². The molecule has 0 saturated heterocycles. The van der Waals surface area contributed by atoms with Crippen molar-refractivity contribution in [2.75, 3.05) is 0 Å². The van der Waals surface area contributed by atoms with Gasteiger partial charge in [0.25, 0.3) is 0 Å². The first-order valence-corrected chi connectivity index (χ1v) is 7.10. The zero-order valence-corrected chi connectivity index (χ0v) is 11.5. The van der Waals surface area contributed by atoms with Gasteiger partial charge in [-0.2, -0.15) is 0 Å². The minimum atomic E-state index is 0.229. The van der Waals surface area contributed by atoms with Gasteiger partial charge in [0.1, 0.15) is 6.33 Å². The average Bonchev–Trinajstić information content (AvgIpc) is 2.88. The molecular formula is C18H15N3. The molecule has 21 heavy (non-hydrogen) atoms. The van der Waals surface area contributed by atoms with Crippen molar-refractivity contribution in [1.82, 2.24) is 15.3 Å². The highest BCUT2D eigenvalue weighted by molar-refractivity contribution is 5.78. The van der Waals surface area contributed by atoms with Gasteiger partial charge in [-0.05, 0) is 28.3 Å². The molecule has 1 N–H and O–H groups in total. The summed E-state index contributed by atoms with van der Waals surface area (Å²) in [7, 11) is 0. The van der Waals surface area contributed by atoms with Crippen LogP contribution in [0.2, 0.25) is 0 Å². The number of aromatic nitrogens is 2. The zero-order valence-electron chi connectivity index (χ0n) is 11.5. The van der Waals surface area contributed by atoms with Gasteiger partial charge in [-0.15, -0.1) is 0 Å². The Labute approximate surface area is 123 Å². The Morgan fingerprint density at radius 1 is 0.857 bits per heavy atom. The third-order valence-electron chi connectivity index (χ3n) is 3.96. The molecule has 3 nitrogen and oxygen atoms in total. The third-order valence-corrected chi connectivity index (χ3v) is 3.96. The number of rotatable bonds is 3. The second-order valence-corrected chi connectivity index (χ2v) is 5.19. The predicted molar refractivity (Wildman–Crippen MR) is 82.6 cm³/mol. The van der Waals surface area contributed by atoms with E-state index in [1.54, 1.807) is 12.5 Å². The maximum Gasteiger partial charge on any atom is 0.115 e. The number of hydrogen-bond donors (Lipinski definition) is 1. The van der Waals surface area contributed by atoms with E-state index in [1.165, 1.54) is 22.3 Å². The van der Waals surface area contributed by atoms with Gasteiger partial charge in [0.2, 0.25) is 0 Å². The third kappa shape index (κ3) is 2.12. The van der Waals surface area contributed by atoms with Crippen LogP contribution in [0, 0.1) is 0 Å². The van der Waals surface area contributed by atoms with Crippen molar-refractivity contribution >= 4 is 0 Å². The van der Waals surface area contributed by atoms with Crippen LogP contribution in [0.1, 0.15) is 22.9 Å². The Morgan fingerprint density at radius 2 is 1.52 bits per heavy atom. The fraction of sp³-hybridized carbons (Fsp3) is 0.111. The lowest BCUT2D eigenvalue weighted by molar-refractivity contribution is 0.606. The van der Waals surface area contributed by atoms with E-state index in [2.05, 4.69) is 63.8 Å². The Balaban J connectivity index is 1.69. The monoisotopic (exact) mass is 273 g/mol. The molecule has 3 heteroatoms. The van der Waals surface area contributed by atoms with E-state index in [4.69, 9.17) is 0 Å². The fourth-order valence-electron chi connectivity index (χ4n) is 3.00. The SMILES string of the molecule is c1ccc2c(c1)-c1ccccc1C2NCc1ccncn1. The molecule has 0 fully saturated rings. The summed E-state index contributed by atoms with van der Waals surface area (Å²) in [5.74, 6) is 0. The van der Waals surface area contributed by atoms with Crippen molar-refractivity contribution in [1.29, 1.82) is 0 Å². The first-order chi connectivity index (χ1) is 10.4. The molecule has 4 rings (SSSR count). The van der Waals surface area contributed by atoms with Crippen LogP contribution in [0.5, 0.6) is 0 Å². The molecule has 0 unspecified atom stereocenters. The number of benzene rings is 2. The van der Waals surface area contributed by atoms with Gasteiger partial charge in [0.15, 0.2) is 0 Å². The maximum absolute atomic E-state index is 4.28. The highest BCUT2D eigenvalue weighted by atomic mass is 14.9. The summed E-state index contributed by atoms with van der Waals surface area (Å²) in [5, 5.41) is 3.62. The fourth-order valence-corrected chi connectivity index (χ4v) is 3.00. The number of nitrogens with one attached hydrogen (secondary N) is 1. The molecule has 3 aromatic rings. The van der Waals surface area contributed by atoms with Crippen LogP contribution in [-0.4, -0.2) is 9.97 Å². The minimum Gasteiger partial charge on any atom is -0.301 e. The number of hydrogen-bond acceptors (Lipinski definition) is 3. The molecule has 1 heterocycles. The molecule has 0 saturated carbocycles. The largest absolute Gasteiger partial charge is 0.301 e. The van der Waals surface area contributed by atoms with Crippen LogP contribution in [-0.2, 0) is 6.54 Å². The van der Waals surface area contributed by atoms with Crippen LogP contribution in [0.4, 0.5) is 0 Å². The summed E-state index contributed by atoms with van der Waals surface area (Å²) in [6.45, 7) is 0.732. The first kappa shape index (κ1) is 12.2. The first-order valence-electron chi connectivity index (χ1n) is 7.10. The Morgan fingerprint density at radius 3 is 2.14 bits per heavy atom. The van der Waals surface area contributed by atoms with E-state index in [0.717, 1.165) is 12.2 Å². The van der Waals surface area contributed by atoms with Gasteiger partial charge in [0.05, 0.1) is 11.7 Å². The van der Waals surface area contributed by atoms with E-state index in [1.807, 2.05) is 6.07 Å². The van der Waals surface area contributed by atoms with Gasteiger partial charge in [-0.3, -0.25) is 0 Å². The Kier molecular flexibility index (Phi) is 2.98. The molecule has 1 aliphatic carbocycles. The Hall–Kier alpha value is -2.52. The standard InChI is InChI=1S/C18H15N3/c1-3-7-16-14(5-1)15-6-2-4-8-17(15)18(16)20-11-13-9-10-19-12-21-13/h1-10,12,18,20H,11H2. The molecule has 102 valence electrons. The maximum atomic E-state index is 4.28. The van der Waals surface area contributed by atoms with E-state index < -0.39 is 0 Å². The lowest BCUT2D eigenvalue weighted by Crippen LogP contribution is -2.20. The molecule has 0 radical (unpaired) electrons. The lowest BCUT2D eigenvalue weighted by Gasteiger charge is -2.15. The smallest absolute Gasteiger partial charge is 0.115 e. The van der Waals surface area contributed by atoms with Gasteiger partial charge in [0, 0.05) is 12.7 Å². The molecule has 1 aliphatic rings. The molecule has 0 amide bonds. The van der Waals surface area contributed by atoms with Crippen molar-refractivity contribution in [3.05, 3.63) is 83.9 Å². The number of fused-ring (bicyclic) bond motifs is 3. The van der Waals surface area contributed by atoms with Crippen molar-refractivity contribution in [2.24, 2.45) is 0 Å². The highest BCUT2D eigenvalue weighted by Crippen LogP contribution is 2.42. The summed E-state index contributed by atoms with van der Waals surface area (Å²) >= 11 is 0. The van der Waals surface area contributed by atoms with Crippen molar-refractivity contribution in [2.45, 2.75) is 12.6 Å². The summed E-state index contributed by atoms with van der Waals surface area (Å²) in [6.07, 6.45) is 3.37. The van der Waals surface area contributed by atoms with E-state index >= 15 is 0 Å². The molecular weight excluding hydrogens is 258 g/mol. The molecule has 0 aliphatic heterocycles. The van der Waals surface area contributed by atoms with Crippen LogP contribution in [0.15, 0.2) is 67.1 Å². The molecule has 0 atom stereocenters. The second-order valence-electron chi connectivity index (χ2n) is 5.19. The Bertz CT molecular complexity index is 723. The average molecular weight is 273 g/mol. The molecule has 2 aromatic carbocycles. The van der Waals surface area contributed by atoms with Crippen molar-refractivity contribution < 1.29 is 0 Å². The van der Waals surface area contributed by atoms with Crippen LogP contribution in [0.3, 0.4) is 0 Å². The van der Waals surface area contributed by atoms with Crippen LogP contribution < -0.4 is 5.32 Å². The van der Waals surface area contributed by atoms with Crippen LogP contribution >= 0.6 is 0 Å². The topological polar surface area (TPSA) is 37.8 Å². The molecule has 0 bridgehead atoms. The van der Waals surface area contributed by atoms with Crippen molar-refractivity contribution in [3.8, 4) is 11.1 Å². The van der Waals surface area contributed by atoms with Gasteiger partial charge in [-0.1, -0.05) is 48.5 Å². The van der Waals surface area contributed by atoms with E-state index in [-0.39, 0.29) is 6.04 Å². The van der Waals surface area contributed by atoms with Gasteiger partial charge in [-0.25, -0.2) is 9.97 Å². The summed E-state index contributed by atoms with van der Waals surface area (Å²) in [4.78, 5) is 8.24. The quantitative estimate of drug-likeness (QED) is 0.795. The molecule has 0 spiro atoms. The number of nitrogens with zero attached hydrogens (tertiary/aromatic N) is 2. The normalized spacial score (nSPS) is 13.0. The zero-order chi connectivity index (χ0) is 14.1. The van der Waals surface area contributed by atoms with E-state index in [0.29, 0.717) is 0 Å². The van der Waals surface area contributed by atoms with Crippen molar-refractivity contribution in [3.63, 3.8) is 0 Å². The minimum absolute atomic E-state index is 0.229. The highest BCUT2D eigenvalue weighted by Gasteiger charge is 2.27. The summed E-state index contributed by atoms with van der Waals surface area (Å²) < 4.78 is 0. The van der Waals surface area contributed by atoms with Gasteiger partial charge >= 0.3 is 0 Å². The second kappa shape index (κ2) is 5.11. The molecule has 1 aromatic heterocycles. The lowest BCUT2D eigenvalue weighted by atomic mass is 10.1. The predicted octanol–water partition coefficient (Wildman–Crippen LogP) is 3.34. The summed E-state index contributed by atoms with van der Waals surface area (Å²) in [6, 6.07) is 19.4. The van der Waals surface area contributed by atoms with Crippen LogP contribution in [0.25, 0.3) is 11.1 Å². The van der Waals surface area contributed by atoms with E-state index in [9.17, 15) is 0 Å². The summed E-state index contributed by atoms with van der Waals surface area (Å²) in [5.41, 5.74) is 6.34.